The number of benzene rings is 10. The normalized spacial score (nSPS) is 13.0. The van der Waals surface area contributed by atoms with Crippen LogP contribution in [0.2, 0.25) is 0 Å². The van der Waals surface area contributed by atoms with E-state index in [2.05, 4.69) is 228 Å². The highest BCUT2D eigenvalue weighted by molar-refractivity contribution is 6.13. The molecule has 5 nitrogen and oxygen atoms in total. The summed E-state index contributed by atoms with van der Waals surface area (Å²) < 4.78 is 4.77. The molecule has 5 heteroatoms. The van der Waals surface area contributed by atoms with E-state index in [0.29, 0.717) is 17.5 Å². The highest BCUT2D eigenvalue weighted by atomic mass is 15.0. The van der Waals surface area contributed by atoms with E-state index >= 15 is 0 Å². The molecule has 0 N–H and O–H groups in total. The van der Waals surface area contributed by atoms with Crippen molar-refractivity contribution in [2.45, 2.75) is 5.41 Å². The third-order valence-corrected chi connectivity index (χ3v) is 14.8. The Morgan fingerprint density at radius 3 is 1.17 bits per heavy atom. The molecule has 320 valence electrons. The third kappa shape index (κ3) is 5.32. The van der Waals surface area contributed by atoms with Crippen LogP contribution in [0.4, 0.5) is 0 Å². The van der Waals surface area contributed by atoms with Gasteiger partial charge in [-0.1, -0.05) is 182 Å². The van der Waals surface area contributed by atoms with Crippen LogP contribution in [0, 0.1) is 0 Å². The van der Waals surface area contributed by atoms with E-state index in [1.807, 2.05) is 18.2 Å². The van der Waals surface area contributed by atoms with Crippen molar-refractivity contribution in [1.29, 1.82) is 0 Å². The Bertz CT molecular complexity index is 4170. The van der Waals surface area contributed by atoms with E-state index < -0.39 is 5.41 Å². The minimum Gasteiger partial charge on any atom is -0.309 e. The Labute approximate surface area is 397 Å². The number of hydrogen-bond acceptors (Lipinski definition) is 3. The Balaban J connectivity index is 0.929. The maximum atomic E-state index is 5.31. The van der Waals surface area contributed by atoms with Gasteiger partial charge in [0.15, 0.2) is 17.5 Å². The SMILES string of the molecule is c1ccc(-c2nc(-c3cccc(-n4c5ccccc5c5ccccc54)c3)nc(-c3cccc(-n4c5ccccc5c5cc6c(cc54)C4(c5ccccc5-c5ccccc54)c4ccccc4-6)c3)n2)cc1. The van der Waals surface area contributed by atoms with Crippen LogP contribution in [-0.4, -0.2) is 24.1 Å². The highest BCUT2D eigenvalue weighted by Crippen LogP contribution is 2.63. The molecule has 0 atom stereocenters. The average molecular weight is 878 g/mol. The molecule has 10 aromatic carbocycles. The fourth-order valence-electron chi connectivity index (χ4n) is 12.0. The minimum atomic E-state index is -0.454. The molecule has 0 unspecified atom stereocenters. The quantitative estimate of drug-likeness (QED) is 0.173. The minimum absolute atomic E-state index is 0.454. The summed E-state index contributed by atoms with van der Waals surface area (Å²) in [5.41, 5.74) is 19.5. The van der Waals surface area contributed by atoms with Crippen LogP contribution in [-0.2, 0) is 5.41 Å². The van der Waals surface area contributed by atoms with Crippen molar-refractivity contribution in [3.05, 3.63) is 259 Å². The smallest absolute Gasteiger partial charge is 0.164 e. The van der Waals surface area contributed by atoms with E-state index in [-0.39, 0.29) is 0 Å². The van der Waals surface area contributed by atoms with Gasteiger partial charge in [-0.2, -0.15) is 0 Å². The van der Waals surface area contributed by atoms with Crippen molar-refractivity contribution in [2.75, 3.05) is 0 Å². The van der Waals surface area contributed by atoms with Gasteiger partial charge in [0.1, 0.15) is 0 Å². The van der Waals surface area contributed by atoms with Crippen molar-refractivity contribution in [3.8, 4) is 67.8 Å². The van der Waals surface area contributed by atoms with Gasteiger partial charge in [0.2, 0.25) is 0 Å². The lowest BCUT2D eigenvalue weighted by Crippen LogP contribution is -2.25. The maximum absolute atomic E-state index is 5.31. The first-order valence-corrected chi connectivity index (χ1v) is 23.6. The molecule has 3 heterocycles. The summed E-state index contributed by atoms with van der Waals surface area (Å²) in [6, 6.07) is 85.6. The van der Waals surface area contributed by atoms with Gasteiger partial charge in [-0.15, -0.1) is 0 Å². The summed E-state index contributed by atoms with van der Waals surface area (Å²) in [5.74, 6) is 1.84. The predicted molar refractivity (Wildman–Crippen MR) is 281 cm³/mol. The van der Waals surface area contributed by atoms with Crippen molar-refractivity contribution in [3.63, 3.8) is 0 Å². The third-order valence-electron chi connectivity index (χ3n) is 14.8. The van der Waals surface area contributed by atoms with Crippen molar-refractivity contribution < 1.29 is 0 Å². The van der Waals surface area contributed by atoms with Crippen LogP contribution in [0.5, 0.6) is 0 Å². The molecule has 2 aliphatic carbocycles. The van der Waals surface area contributed by atoms with Crippen LogP contribution in [0.25, 0.3) is 111 Å². The first-order chi connectivity index (χ1) is 34.2. The van der Waals surface area contributed by atoms with Gasteiger partial charge in [-0.25, -0.2) is 15.0 Å². The molecular weight excluding hydrogens is 839 g/mol. The molecule has 0 amide bonds. The second-order valence-corrected chi connectivity index (χ2v) is 18.3. The Hall–Kier alpha value is -9.19. The molecule has 1 spiro atoms. The predicted octanol–water partition coefficient (Wildman–Crippen LogP) is 15.4. The lowest BCUT2D eigenvalue weighted by molar-refractivity contribution is 0.794. The van der Waals surface area contributed by atoms with E-state index in [9.17, 15) is 0 Å². The van der Waals surface area contributed by atoms with E-state index in [1.165, 1.54) is 66.1 Å². The number of nitrogens with zero attached hydrogens (tertiary/aromatic N) is 5. The van der Waals surface area contributed by atoms with Crippen LogP contribution in [0.3, 0.4) is 0 Å². The van der Waals surface area contributed by atoms with E-state index in [1.54, 1.807) is 0 Å². The molecule has 3 aromatic heterocycles. The number of aromatic nitrogens is 5. The highest BCUT2D eigenvalue weighted by Gasteiger charge is 2.51. The largest absolute Gasteiger partial charge is 0.309 e. The van der Waals surface area contributed by atoms with Gasteiger partial charge in [0.25, 0.3) is 0 Å². The van der Waals surface area contributed by atoms with Crippen molar-refractivity contribution >= 4 is 43.6 Å². The molecule has 15 rings (SSSR count). The average Bonchev–Trinajstić information content (AvgIpc) is 4.12. The van der Waals surface area contributed by atoms with Crippen LogP contribution in [0.1, 0.15) is 22.3 Å². The van der Waals surface area contributed by atoms with Crippen molar-refractivity contribution in [2.24, 2.45) is 0 Å². The fraction of sp³-hybridized carbons (Fsp3) is 0.0156. The topological polar surface area (TPSA) is 48.5 Å². The Kier molecular flexibility index (Phi) is 7.93. The van der Waals surface area contributed by atoms with Crippen LogP contribution >= 0.6 is 0 Å². The van der Waals surface area contributed by atoms with Crippen molar-refractivity contribution in [1.82, 2.24) is 24.1 Å². The van der Waals surface area contributed by atoms with Crippen LogP contribution in [0.15, 0.2) is 237 Å². The molecule has 0 bridgehead atoms. The van der Waals surface area contributed by atoms with E-state index in [4.69, 9.17) is 15.0 Å². The molecule has 0 fully saturated rings. The summed E-state index contributed by atoms with van der Waals surface area (Å²) in [6.45, 7) is 0. The standard InChI is InChI=1S/C64H39N5/c1-2-18-40(19-3-1)61-65-62(41-20-16-22-43(36-41)68-57-33-13-7-27-48(57)49-28-8-14-34-58(49)68)67-63(66-61)42-21-17-23-44(37-42)69-59-35-15-9-29-50(59)52-38-51-47-26-6-12-32-55(47)64(56(51)39-60(52)69)53-30-10-4-24-45(53)46-25-5-11-31-54(46)64/h1-39H. The molecule has 13 aromatic rings. The summed E-state index contributed by atoms with van der Waals surface area (Å²) in [7, 11) is 0. The molecule has 0 radical (unpaired) electrons. The summed E-state index contributed by atoms with van der Waals surface area (Å²) in [5, 5.41) is 4.87. The fourth-order valence-corrected chi connectivity index (χ4v) is 12.0. The number of rotatable bonds is 5. The lowest BCUT2D eigenvalue weighted by Gasteiger charge is -2.30. The molecular formula is C64H39N5. The maximum Gasteiger partial charge on any atom is 0.164 e. The first-order valence-electron chi connectivity index (χ1n) is 23.6. The van der Waals surface area contributed by atoms with E-state index in [0.717, 1.165) is 50.1 Å². The molecule has 0 saturated heterocycles. The zero-order valence-corrected chi connectivity index (χ0v) is 37.3. The van der Waals surface area contributed by atoms with Gasteiger partial charge in [0, 0.05) is 49.6 Å². The van der Waals surface area contributed by atoms with Gasteiger partial charge in [0.05, 0.1) is 27.5 Å². The number of para-hydroxylation sites is 3. The monoisotopic (exact) mass is 877 g/mol. The van der Waals surface area contributed by atoms with Crippen LogP contribution < -0.4 is 0 Å². The Morgan fingerprint density at radius 2 is 0.652 bits per heavy atom. The van der Waals surface area contributed by atoms with Gasteiger partial charge < -0.3 is 9.13 Å². The summed E-state index contributed by atoms with van der Waals surface area (Å²) in [6.07, 6.45) is 0. The zero-order chi connectivity index (χ0) is 45.2. The van der Waals surface area contributed by atoms with Gasteiger partial charge in [-0.3, -0.25) is 0 Å². The second-order valence-electron chi connectivity index (χ2n) is 18.3. The molecule has 0 saturated carbocycles. The first kappa shape index (κ1) is 38.0. The lowest BCUT2D eigenvalue weighted by atomic mass is 9.70. The second kappa shape index (κ2) is 14.4. The summed E-state index contributed by atoms with van der Waals surface area (Å²) in [4.78, 5) is 15.7. The molecule has 2 aliphatic rings. The Morgan fingerprint density at radius 1 is 0.261 bits per heavy atom. The zero-order valence-electron chi connectivity index (χ0n) is 37.3. The molecule has 69 heavy (non-hydrogen) atoms. The molecule has 0 aliphatic heterocycles. The number of hydrogen-bond donors (Lipinski definition) is 0. The van der Waals surface area contributed by atoms with Gasteiger partial charge >= 0.3 is 0 Å². The number of fused-ring (bicyclic) bond motifs is 16. The van der Waals surface area contributed by atoms with Gasteiger partial charge in [-0.05, 0) is 99.1 Å². The summed E-state index contributed by atoms with van der Waals surface area (Å²) >= 11 is 0.